The molecule has 0 bridgehead atoms. The largest absolute Gasteiger partial charge is 0.477 e. The van der Waals surface area contributed by atoms with Gasteiger partial charge >= 0.3 is 11.9 Å². The molecule has 0 radical (unpaired) electrons. The number of carboxylic acids is 1. The molecule has 2 N–H and O–H groups in total. The number of aliphatic hydroxyl groups is 1. The Morgan fingerprint density at radius 3 is 2.81 bits per heavy atom. The Hall–Kier alpha value is -3.83. The zero-order valence-electron chi connectivity index (χ0n) is 19.2. The number of rotatable bonds is 7. The minimum absolute atomic E-state index is 0.220. The monoisotopic (exact) mass is 524 g/mol. The first-order valence-electron chi connectivity index (χ1n) is 11.3. The summed E-state index contributed by atoms with van der Waals surface area (Å²) in [4.78, 5) is 32.4. The van der Waals surface area contributed by atoms with Crippen LogP contribution in [0.15, 0.2) is 60.9 Å². The molecule has 4 aromatic rings. The molecule has 3 unspecified atom stereocenters. The number of hydrogen-bond acceptors (Lipinski definition) is 9. The fourth-order valence-electron chi connectivity index (χ4n) is 4.10. The smallest absolute Gasteiger partial charge is 0.360 e. The normalized spacial score (nSPS) is 18.8. The van der Waals surface area contributed by atoms with E-state index in [9.17, 15) is 14.7 Å². The lowest BCUT2D eigenvalue weighted by Gasteiger charge is -2.20. The molecule has 190 valence electrons. The SMILES string of the molecule is O=C(O)C(O)OCOc1ccnc2c1ccc1cc(C3OC(c4cccc(Cl)c4)CCOC3=O)cnc12. The molecule has 11 heteroatoms. The van der Waals surface area contributed by atoms with Crippen LogP contribution >= 0.6 is 11.6 Å². The van der Waals surface area contributed by atoms with Crippen LogP contribution in [0, 0.1) is 0 Å². The summed E-state index contributed by atoms with van der Waals surface area (Å²) in [7, 11) is 0. The molecule has 0 spiro atoms. The molecule has 0 aliphatic carbocycles. The summed E-state index contributed by atoms with van der Waals surface area (Å²) >= 11 is 6.15. The van der Waals surface area contributed by atoms with Crippen molar-refractivity contribution in [2.45, 2.75) is 24.9 Å². The van der Waals surface area contributed by atoms with Crippen molar-refractivity contribution >= 4 is 45.3 Å². The van der Waals surface area contributed by atoms with E-state index in [2.05, 4.69) is 9.97 Å². The standard InChI is InChI=1S/C26H21ClN2O8/c27-17-3-1-2-14(11-17)19-7-9-34-25(32)23(37-19)16-10-15-4-5-18-20(35-13-36-26(33)24(30)31)6-8-28-22(18)21(15)29-12-16/h1-6,8,10-12,19,23,26,33H,7,9,13H2,(H,30,31). The number of aromatic nitrogens is 2. The van der Waals surface area contributed by atoms with Gasteiger partial charge in [-0.3, -0.25) is 9.97 Å². The number of esters is 1. The number of nitrogens with zero attached hydrogens (tertiary/aromatic N) is 2. The zero-order valence-corrected chi connectivity index (χ0v) is 20.0. The highest BCUT2D eigenvalue weighted by Crippen LogP contribution is 2.35. The van der Waals surface area contributed by atoms with Gasteiger partial charge < -0.3 is 29.2 Å². The van der Waals surface area contributed by atoms with E-state index in [0.29, 0.717) is 44.6 Å². The van der Waals surface area contributed by atoms with Gasteiger partial charge in [0.15, 0.2) is 12.9 Å². The first-order valence-corrected chi connectivity index (χ1v) is 11.7. The highest BCUT2D eigenvalue weighted by Gasteiger charge is 2.31. The van der Waals surface area contributed by atoms with Crippen LogP contribution in [0.3, 0.4) is 0 Å². The Morgan fingerprint density at radius 2 is 2.00 bits per heavy atom. The van der Waals surface area contributed by atoms with E-state index in [4.69, 9.17) is 35.7 Å². The van der Waals surface area contributed by atoms with E-state index in [1.54, 1.807) is 36.5 Å². The number of carboxylic acid groups (broad SMARTS) is 1. The summed E-state index contributed by atoms with van der Waals surface area (Å²) in [5.74, 6) is -1.64. The quantitative estimate of drug-likeness (QED) is 0.208. The molecule has 37 heavy (non-hydrogen) atoms. The van der Waals surface area contributed by atoms with Gasteiger partial charge in [0.1, 0.15) is 11.3 Å². The van der Waals surface area contributed by atoms with Gasteiger partial charge in [-0.05, 0) is 35.9 Å². The Morgan fingerprint density at radius 1 is 1.14 bits per heavy atom. The summed E-state index contributed by atoms with van der Waals surface area (Å²) < 4.78 is 21.8. The minimum Gasteiger partial charge on any atom is -0.477 e. The van der Waals surface area contributed by atoms with Gasteiger partial charge in [0.2, 0.25) is 0 Å². The molecule has 1 aliphatic heterocycles. The number of carbonyl (C=O) groups is 2. The Bertz CT molecular complexity index is 1480. The molecular weight excluding hydrogens is 504 g/mol. The maximum absolute atomic E-state index is 12.7. The van der Waals surface area contributed by atoms with Gasteiger partial charge in [-0.2, -0.15) is 0 Å². The van der Waals surface area contributed by atoms with E-state index >= 15 is 0 Å². The average molecular weight is 525 g/mol. The number of pyridine rings is 2. The summed E-state index contributed by atoms with van der Waals surface area (Å²) in [5, 5.41) is 19.9. The fourth-order valence-corrected chi connectivity index (χ4v) is 4.30. The predicted octanol–water partition coefficient (Wildman–Crippen LogP) is 3.94. The van der Waals surface area contributed by atoms with Crippen LogP contribution in [0.5, 0.6) is 5.75 Å². The summed E-state index contributed by atoms with van der Waals surface area (Å²) in [5.41, 5.74) is 2.48. The molecule has 3 heterocycles. The second kappa shape index (κ2) is 10.7. The van der Waals surface area contributed by atoms with Gasteiger partial charge in [0.25, 0.3) is 6.29 Å². The molecule has 0 amide bonds. The van der Waals surface area contributed by atoms with E-state index in [1.807, 2.05) is 18.2 Å². The highest BCUT2D eigenvalue weighted by molar-refractivity contribution is 6.30. The number of halogens is 1. The first-order chi connectivity index (χ1) is 17.9. The number of hydrogen-bond donors (Lipinski definition) is 2. The number of aliphatic carboxylic acids is 1. The van der Waals surface area contributed by atoms with Crippen LogP contribution in [-0.2, 0) is 23.8 Å². The summed E-state index contributed by atoms with van der Waals surface area (Å²) in [6, 6.07) is 14.3. The third-order valence-corrected chi connectivity index (χ3v) is 6.09. The van der Waals surface area contributed by atoms with Crippen molar-refractivity contribution in [2.24, 2.45) is 0 Å². The molecule has 1 fully saturated rings. The molecule has 2 aromatic carbocycles. The fraction of sp³-hybridized carbons (Fsp3) is 0.231. The molecule has 10 nitrogen and oxygen atoms in total. The van der Waals surface area contributed by atoms with Gasteiger partial charge in [-0.15, -0.1) is 0 Å². The summed E-state index contributed by atoms with van der Waals surface area (Å²) in [6.45, 7) is -0.260. The number of ether oxygens (including phenoxy) is 4. The van der Waals surface area contributed by atoms with Crippen molar-refractivity contribution in [2.75, 3.05) is 13.4 Å². The van der Waals surface area contributed by atoms with E-state index < -0.39 is 31.1 Å². The minimum atomic E-state index is -2.00. The molecule has 0 saturated carbocycles. The van der Waals surface area contributed by atoms with Crippen molar-refractivity contribution in [1.29, 1.82) is 0 Å². The van der Waals surface area contributed by atoms with Gasteiger partial charge in [-0.25, -0.2) is 9.59 Å². The van der Waals surface area contributed by atoms with Crippen LogP contribution in [-0.4, -0.2) is 51.8 Å². The van der Waals surface area contributed by atoms with Crippen LogP contribution in [0.1, 0.15) is 29.8 Å². The molecule has 3 atom stereocenters. The lowest BCUT2D eigenvalue weighted by atomic mass is 10.0. The van der Waals surface area contributed by atoms with Crippen LogP contribution < -0.4 is 4.74 Å². The maximum atomic E-state index is 12.7. The van der Waals surface area contributed by atoms with Crippen LogP contribution in [0.4, 0.5) is 0 Å². The van der Waals surface area contributed by atoms with Crippen molar-refractivity contribution in [3.05, 3.63) is 77.1 Å². The average Bonchev–Trinajstić information content (AvgIpc) is 3.09. The van der Waals surface area contributed by atoms with Crippen LogP contribution in [0.25, 0.3) is 21.8 Å². The number of benzene rings is 2. The van der Waals surface area contributed by atoms with E-state index in [-0.39, 0.29) is 12.7 Å². The topological polar surface area (TPSA) is 137 Å². The Kier molecular flexibility index (Phi) is 7.15. The zero-order chi connectivity index (χ0) is 25.9. The maximum Gasteiger partial charge on any atom is 0.360 e. The third-order valence-electron chi connectivity index (χ3n) is 5.86. The Balaban J connectivity index is 1.43. The number of fused-ring (bicyclic) bond motifs is 3. The van der Waals surface area contributed by atoms with Crippen LogP contribution in [0.2, 0.25) is 5.02 Å². The second-order valence-electron chi connectivity index (χ2n) is 8.25. The molecule has 1 saturated heterocycles. The second-order valence-corrected chi connectivity index (χ2v) is 8.68. The number of carbonyl (C=O) groups excluding carboxylic acids is 1. The molecule has 1 aliphatic rings. The number of cyclic esters (lactones) is 1. The van der Waals surface area contributed by atoms with Crippen molar-refractivity contribution in [1.82, 2.24) is 9.97 Å². The van der Waals surface area contributed by atoms with Gasteiger partial charge in [-0.1, -0.05) is 29.8 Å². The lowest BCUT2D eigenvalue weighted by Crippen LogP contribution is -2.25. The Labute approximate surface area is 215 Å². The highest BCUT2D eigenvalue weighted by atomic mass is 35.5. The van der Waals surface area contributed by atoms with E-state index in [0.717, 1.165) is 5.56 Å². The van der Waals surface area contributed by atoms with Crippen molar-refractivity contribution in [3.8, 4) is 5.75 Å². The third kappa shape index (κ3) is 5.32. The lowest BCUT2D eigenvalue weighted by molar-refractivity contribution is -0.187. The van der Waals surface area contributed by atoms with E-state index in [1.165, 1.54) is 6.20 Å². The molecule has 2 aromatic heterocycles. The number of aliphatic hydroxyl groups excluding tert-OH is 1. The molecule has 5 rings (SSSR count). The summed E-state index contributed by atoms with van der Waals surface area (Å²) in [6.07, 6.45) is 0.210. The predicted molar refractivity (Wildman–Crippen MR) is 131 cm³/mol. The van der Waals surface area contributed by atoms with Crippen molar-refractivity contribution in [3.63, 3.8) is 0 Å². The van der Waals surface area contributed by atoms with Gasteiger partial charge in [0, 0.05) is 40.2 Å². The first kappa shape index (κ1) is 24.8. The van der Waals surface area contributed by atoms with Gasteiger partial charge in [0.05, 0.1) is 18.2 Å². The molecular formula is C26H21ClN2O8. The van der Waals surface area contributed by atoms with Crippen molar-refractivity contribution < 1.29 is 38.7 Å².